The highest BCUT2D eigenvalue weighted by Gasteiger charge is 2.30. The Kier molecular flexibility index (Phi) is 9.48. The number of carbonyl (C=O) groups excluding carboxylic acids is 2. The molecule has 10 nitrogen and oxygen atoms in total. The molecule has 49 heavy (non-hydrogen) atoms. The van der Waals surface area contributed by atoms with Crippen LogP contribution in [0.2, 0.25) is 0 Å². The quantitative estimate of drug-likeness (QED) is 0.127. The number of ether oxygens (including phenoxy) is 1. The number of aldehydes is 1. The van der Waals surface area contributed by atoms with Crippen molar-refractivity contribution in [3.63, 3.8) is 0 Å². The van der Waals surface area contributed by atoms with E-state index in [1.807, 2.05) is 42.5 Å². The summed E-state index contributed by atoms with van der Waals surface area (Å²) < 4.78 is 71.8. The molecule has 5 aromatic carbocycles. The lowest BCUT2D eigenvalue weighted by Gasteiger charge is -2.22. The number of amides is 1. The van der Waals surface area contributed by atoms with Gasteiger partial charge < -0.3 is 9.64 Å². The smallest absolute Gasteiger partial charge is 0.294 e. The van der Waals surface area contributed by atoms with Gasteiger partial charge in [-0.05, 0) is 82.1 Å². The van der Waals surface area contributed by atoms with Gasteiger partial charge in [-0.25, -0.2) is 0 Å². The van der Waals surface area contributed by atoms with Crippen LogP contribution in [0.3, 0.4) is 0 Å². The molecule has 12 heteroatoms. The molecule has 0 aliphatic carbocycles. The zero-order valence-electron chi connectivity index (χ0n) is 26.0. The molecule has 0 fully saturated rings. The number of benzene rings is 5. The van der Waals surface area contributed by atoms with Crippen LogP contribution in [-0.2, 0) is 52.8 Å². The molecular weight excluding hydrogens is 667 g/mol. The average molecular weight is 698 g/mol. The number of fused-ring (bicyclic) bond motifs is 1. The van der Waals surface area contributed by atoms with Crippen LogP contribution in [0.15, 0.2) is 119 Å². The second-order valence-electron chi connectivity index (χ2n) is 11.8. The first-order chi connectivity index (χ1) is 23.4. The Bertz CT molecular complexity index is 2250. The van der Waals surface area contributed by atoms with Crippen LogP contribution in [0.25, 0.3) is 0 Å². The van der Waals surface area contributed by atoms with Crippen molar-refractivity contribution in [2.45, 2.75) is 42.3 Å². The molecule has 6 rings (SSSR count). The maximum absolute atomic E-state index is 14.5. The molecular formula is C37H31NO9S2. The number of carbonyl (C=O) groups is 2. The second kappa shape index (κ2) is 13.8. The van der Waals surface area contributed by atoms with Crippen LogP contribution in [0.5, 0.6) is 5.75 Å². The Morgan fingerprint density at radius 1 is 0.694 bits per heavy atom. The summed E-state index contributed by atoms with van der Waals surface area (Å²) >= 11 is 0. The van der Waals surface area contributed by atoms with Crippen molar-refractivity contribution in [1.29, 1.82) is 0 Å². The summed E-state index contributed by atoms with van der Waals surface area (Å²) in [5, 5.41) is 0. The van der Waals surface area contributed by atoms with Crippen molar-refractivity contribution in [3.05, 3.63) is 159 Å². The molecule has 250 valence electrons. The lowest BCUT2D eigenvalue weighted by molar-refractivity contribution is 0.0744. The van der Waals surface area contributed by atoms with Crippen molar-refractivity contribution >= 4 is 32.4 Å². The summed E-state index contributed by atoms with van der Waals surface area (Å²) in [5.74, 6) is 0.00162. The van der Waals surface area contributed by atoms with E-state index >= 15 is 0 Å². The van der Waals surface area contributed by atoms with Crippen molar-refractivity contribution in [2.24, 2.45) is 0 Å². The summed E-state index contributed by atoms with van der Waals surface area (Å²) in [5.41, 5.74) is 6.09. The fourth-order valence-electron chi connectivity index (χ4n) is 5.94. The van der Waals surface area contributed by atoms with Gasteiger partial charge >= 0.3 is 0 Å². The van der Waals surface area contributed by atoms with E-state index in [9.17, 15) is 35.5 Å². The van der Waals surface area contributed by atoms with Gasteiger partial charge in [-0.2, -0.15) is 16.8 Å². The highest BCUT2D eigenvalue weighted by Crippen LogP contribution is 2.34. The first-order valence-corrected chi connectivity index (χ1v) is 18.1. The molecule has 0 atom stereocenters. The maximum Gasteiger partial charge on any atom is 0.294 e. The minimum absolute atomic E-state index is 0.158. The van der Waals surface area contributed by atoms with Crippen LogP contribution in [0.4, 0.5) is 0 Å². The molecule has 0 saturated heterocycles. The van der Waals surface area contributed by atoms with Gasteiger partial charge in [-0.15, -0.1) is 0 Å². The molecule has 0 aromatic heterocycles. The van der Waals surface area contributed by atoms with Gasteiger partial charge in [0.2, 0.25) is 0 Å². The van der Waals surface area contributed by atoms with Crippen LogP contribution in [0, 0.1) is 0 Å². The average Bonchev–Trinajstić information content (AvgIpc) is 3.52. The Hall–Kier alpha value is -5.14. The Labute approximate surface area is 284 Å². The monoisotopic (exact) mass is 697 g/mol. The van der Waals surface area contributed by atoms with E-state index in [2.05, 4.69) is 0 Å². The highest BCUT2D eigenvalue weighted by molar-refractivity contribution is 7.86. The third-order valence-electron chi connectivity index (χ3n) is 8.37. The van der Waals surface area contributed by atoms with Gasteiger partial charge in [0.1, 0.15) is 18.6 Å². The molecule has 0 unspecified atom stereocenters. The SMILES string of the molecule is O=Cc1cccc2c1CN(C(=O)c1c(Cc3ccc(S(=O)(=O)O)cc3)cc(Cc3ccc(S(=O)(=O)O)cc3)cc1OCc1ccccc1)C2. The molecule has 0 saturated carbocycles. The van der Waals surface area contributed by atoms with Gasteiger partial charge in [0, 0.05) is 18.7 Å². The van der Waals surface area contributed by atoms with Crippen LogP contribution in [0.1, 0.15) is 59.7 Å². The van der Waals surface area contributed by atoms with Crippen LogP contribution >= 0.6 is 0 Å². The van der Waals surface area contributed by atoms with E-state index in [4.69, 9.17) is 4.74 Å². The first kappa shape index (κ1) is 33.7. The minimum Gasteiger partial charge on any atom is -0.488 e. The van der Waals surface area contributed by atoms with E-state index in [0.717, 1.165) is 34.1 Å². The van der Waals surface area contributed by atoms with Gasteiger partial charge in [0.15, 0.2) is 0 Å². The number of hydrogen-bond acceptors (Lipinski definition) is 7. The Balaban J connectivity index is 1.44. The lowest BCUT2D eigenvalue weighted by Crippen LogP contribution is -2.27. The van der Waals surface area contributed by atoms with Crippen LogP contribution in [-0.4, -0.2) is 43.0 Å². The van der Waals surface area contributed by atoms with Crippen LogP contribution < -0.4 is 4.74 Å². The zero-order valence-corrected chi connectivity index (χ0v) is 27.7. The van der Waals surface area contributed by atoms with E-state index in [1.54, 1.807) is 47.4 Å². The first-order valence-electron chi connectivity index (χ1n) is 15.2. The van der Waals surface area contributed by atoms with Crippen molar-refractivity contribution in [2.75, 3.05) is 0 Å². The summed E-state index contributed by atoms with van der Waals surface area (Å²) in [6, 6.07) is 30.0. The van der Waals surface area contributed by atoms with Gasteiger partial charge in [-0.3, -0.25) is 18.7 Å². The molecule has 0 spiro atoms. The summed E-state index contributed by atoms with van der Waals surface area (Å²) in [7, 11) is -8.78. The lowest BCUT2D eigenvalue weighted by atomic mass is 9.93. The van der Waals surface area contributed by atoms with E-state index < -0.39 is 20.2 Å². The maximum atomic E-state index is 14.5. The topological polar surface area (TPSA) is 155 Å². The number of nitrogens with zero attached hydrogens (tertiary/aromatic N) is 1. The summed E-state index contributed by atoms with van der Waals surface area (Å²) in [6.07, 6.45) is 1.30. The number of hydrogen-bond donors (Lipinski definition) is 2. The predicted octanol–water partition coefficient (Wildman–Crippen LogP) is 5.91. The minimum atomic E-state index is -4.41. The third kappa shape index (κ3) is 7.79. The van der Waals surface area contributed by atoms with Gasteiger partial charge in [0.05, 0.1) is 15.4 Å². The largest absolute Gasteiger partial charge is 0.488 e. The molecule has 1 aliphatic heterocycles. The predicted molar refractivity (Wildman–Crippen MR) is 181 cm³/mol. The standard InChI is InChI=1S/C37H31NO9S2/c39-23-30-8-4-7-29-21-38(22-34(29)30)37(40)36-31(18-26-11-15-33(16-12-26)49(44,45)46)19-28(17-25-9-13-32(14-10-25)48(41,42)43)20-35(36)47-24-27-5-2-1-3-6-27/h1-16,19-20,23H,17-18,21-22,24H2,(H,41,42,43)(H,44,45,46). The van der Waals surface area contributed by atoms with Crippen molar-refractivity contribution < 1.29 is 40.3 Å². The molecule has 5 aromatic rings. The second-order valence-corrected chi connectivity index (χ2v) is 14.6. The fourth-order valence-corrected chi connectivity index (χ4v) is 6.90. The molecule has 1 heterocycles. The van der Waals surface area contributed by atoms with E-state index in [-0.39, 0.29) is 35.3 Å². The summed E-state index contributed by atoms with van der Waals surface area (Å²) in [6.45, 7) is 0.676. The van der Waals surface area contributed by atoms with Crippen molar-refractivity contribution in [3.8, 4) is 5.75 Å². The zero-order chi connectivity index (χ0) is 34.8. The normalized spacial score (nSPS) is 12.8. The molecule has 1 amide bonds. The van der Waals surface area contributed by atoms with Gasteiger partial charge in [0.25, 0.3) is 26.1 Å². The third-order valence-corrected chi connectivity index (χ3v) is 10.1. The van der Waals surface area contributed by atoms with Gasteiger partial charge in [-0.1, -0.05) is 78.9 Å². The Morgan fingerprint density at radius 2 is 1.31 bits per heavy atom. The fraction of sp³-hybridized carbons (Fsp3) is 0.135. The number of rotatable bonds is 11. The molecule has 1 aliphatic rings. The summed E-state index contributed by atoms with van der Waals surface area (Å²) in [4.78, 5) is 27.4. The molecule has 2 N–H and O–H groups in total. The Morgan fingerprint density at radius 3 is 1.90 bits per heavy atom. The highest BCUT2D eigenvalue weighted by atomic mass is 32.2. The molecule has 0 bridgehead atoms. The van der Waals surface area contributed by atoms with E-state index in [0.29, 0.717) is 41.0 Å². The van der Waals surface area contributed by atoms with Crippen molar-refractivity contribution in [1.82, 2.24) is 4.90 Å². The molecule has 0 radical (unpaired) electrons. The van der Waals surface area contributed by atoms with E-state index in [1.165, 1.54) is 24.3 Å².